The maximum absolute atomic E-state index is 11.9. The van der Waals surface area contributed by atoms with Crippen LogP contribution in [-0.2, 0) is 11.3 Å². The van der Waals surface area contributed by atoms with E-state index in [0.717, 1.165) is 17.5 Å². The number of nitrogens with zero attached hydrogens (tertiary/aromatic N) is 2. The molecule has 0 saturated heterocycles. The highest BCUT2D eigenvalue weighted by molar-refractivity contribution is 5.81. The first-order chi connectivity index (χ1) is 9.61. The van der Waals surface area contributed by atoms with Gasteiger partial charge in [-0.1, -0.05) is 19.9 Å². The lowest BCUT2D eigenvalue weighted by atomic mass is 10.0. The minimum absolute atomic E-state index is 0.0372. The fraction of sp³-hybridized carbons (Fsp3) is 0.467. The SMILES string of the molecule is CNC(=O)C(CC(C)C)NCc1cnn2ccccc12. The van der Waals surface area contributed by atoms with E-state index < -0.39 is 0 Å². The van der Waals surface area contributed by atoms with Gasteiger partial charge < -0.3 is 10.6 Å². The molecule has 108 valence electrons. The van der Waals surface area contributed by atoms with E-state index in [1.54, 1.807) is 7.05 Å². The summed E-state index contributed by atoms with van der Waals surface area (Å²) in [5, 5.41) is 10.3. The van der Waals surface area contributed by atoms with Crippen LogP contribution >= 0.6 is 0 Å². The number of nitrogens with one attached hydrogen (secondary N) is 2. The molecule has 5 nitrogen and oxygen atoms in total. The van der Waals surface area contributed by atoms with Crippen molar-refractivity contribution in [2.45, 2.75) is 32.9 Å². The molecule has 0 saturated carbocycles. The van der Waals surface area contributed by atoms with Crippen molar-refractivity contribution in [3.8, 4) is 0 Å². The van der Waals surface area contributed by atoms with Crippen molar-refractivity contribution in [2.24, 2.45) is 5.92 Å². The van der Waals surface area contributed by atoms with Crippen molar-refractivity contribution in [3.63, 3.8) is 0 Å². The van der Waals surface area contributed by atoms with E-state index in [0.29, 0.717) is 12.5 Å². The van der Waals surface area contributed by atoms with Gasteiger partial charge in [0.05, 0.1) is 17.8 Å². The van der Waals surface area contributed by atoms with Crippen LogP contribution in [-0.4, -0.2) is 28.6 Å². The smallest absolute Gasteiger partial charge is 0.236 e. The highest BCUT2D eigenvalue weighted by atomic mass is 16.2. The van der Waals surface area contributed by atoms with Crippen LogP contribution in [0.5, 0.6) is 0 Å². The van der Waals surface area contributed by atoms with Gasteiger partial charge in [-0.15, -0.1) is 0 Å². The maximum Gasteiger partial charge on any atom is 0.236 e. The van der Waals surface area contributed by atoms with Crippen LogP contribution in [0.3, 0.4) is 0 Å². The number of carbonyl (C=O) groups excluding carboxylic acids is 1. The third-order valence-electron chi connectivity index (χ3n) is 3.32. The number of likely N-dealkylation sites (N-methyl/N-ethyl adjacent to an activating group) is 1. The van der Waals surface area contributed by atoms with Crippen LogP contribution in [0.1, 0.15) is 25.8 Å². The van der Waals surface area contributed by atoms with Gasteiger partial charge in [0.1, 0.15) is 0 Å². The second kappa shape index (κ2) is 6.52. The van der Waals surface area contributed by atoms with Crippen LogP contribution < -0.4 is 10.6 Å². The standard InChI is InChI=1S/C15H22N4O/c1-11(2)8-13(15(20)16-3)17-9-12-10-18-19-7-5-4-6-14(12)19/h4-7,10-11,13,17H,8-9H2,1-3H3,(H,16,20). The second-order valence-corrected chi connectivity index (χ2v) is 5.38. The quantitative estimate of drug-likeness (QED) is 0.841. The lowest BCUT2D eigenvalue weighted by Gasteiger charge is -2.18. The molecule has 0 aliphatic carbocycles. The zero-order chi connectivity index (χ0) is 14.5. The highest BCUT2D eigenvalue weighted by Crippen LogP contribution is 2.11. The Morgan fingerprint density at radius 3 is 2.90 bits per heavy atom. The Morgan fingerprint density at radius 1 is 1.40 bits per heavy atom. The molecule has 1 atom stereocenters. The number of aromatic nitrogens is 2. The lowest BCUT2D eigenvalue weighted by molar-refractivity contribution is -0.123. The van der Waals surface area contributed by atoms with Gasteiger partial charge in [-0.25, -0.2) is 4.52 Å². The Kier molecular flexibility index (Phi) is 4.74. The predicted molar refractivity (Wildman–Crippen MR) is 79.3 cm³/mol. The van der Waals surface area contributed by atoms with Crippen molar-refractivity contribution in [2.75, 3.05) is 7.05 Å². The predicted octanol–water partition coefficient (Wildman–Crippen LogP) is 1.58. The summed E-state index contributed by atoms with van der Waals surface area (Å²) < 4.78 is 1.84. The third kappa shape index (κ3) is 3.36. The highest BCUT2D eigenvalue weighted by Gasteiger charge is 2.18. The molecule has 2 aromatic heterocycles. The van der Waals surface area contributed by atoms with Crippen molar-refractivity contribution >= 4 is 11.4 Å². The van der Waals surface area contributed by atoms with E-state index in [-0.39, 0.29) is 11.9 Å². The van der Waals surface area contributed by atoms with Crippen molar-refractivity contribution in [3.05, 3.63) is 36.2 Å². The molecule has 20 heavy (non-hydrogen) atoms. The summed E-state index contributed by atoms with van der Waals surface area (Å²) in [5.41, 5.74) is 2.17. The van der Waals surface area contributed by atoms with Crippen LogP contribution in [0.25, 0.3) is 5.52 Å². The molecule has 2 N–H and O–H groups in total. The van der Waals surface area contributed by atoms with Gasteiger partial charge in [-0.3, -0.25) is 4.79 Å². The third-order valence-corrected chi connectivity index (χ3v) is 3.32. The molecule has 2 rings (SSSR count). The molecule has 2 aromatic rings. The molecule has 2 heterocycles. The molecule has 0 fully saturated rings. The largest absolute Gasteiger partial charge is 0.358 e. The first-order valence-electron chi connectivity index (χ1n) is 6.98. The molecule has 0 aliphatic rings. The Bertz CT molecular complexity index is 576. The summed E-state index contributed by atoms with van der Waals surface area (Å²) in [6.07, 6.45) is 4.58. The summed E-state index contributed by atoms with van der Waals surface area (Å²) >= 11 is 0. The van der Waals surface area contributed by atoms with Crippen LogP contribution in [0, 0.1) is 5.92 Å². The molecule has 0 aromatic carbocycles. The summed E-state index contributed by atoms with van der Waals surface area (Å²) in [5.74, 6) is 0.504. The summed E-state index contributed by atoms with van der Waals surface area (Å²) in [6, 6.07) is 5.80. The molecule has 5 heteroatoms. The average molecular weight is 274 g/mol. The zero-order valence-corrected chi connectivity index (χ0v) is 12.3. The average Bonchev–Trinajstić information content (AvgIpc) is 2.85. The van der Waals surface area contributed by atoms with Gasteiger partial charge in [-0.05, 0) is 24.5 Å². The van der Waals surface area contributed by atoms with E-state index in [1.807, 2.05) is 35.1 Å². The molecule has 0 aliphatic heterocycles. The van der Waals surface area contributed by atoms with E-state index in [2.05, 4.69) is 29.6 Å². The topological polar surface area (TPSA) is 58.4 Å². The molecule has 1 amide bonds. The molecule has 0 radical (unpaired) electrons. The molecular weight excluding hydrogens is 252 g/mol. The number of pyridine rings is 1. The number of hydrogen-bond donors (Lipinski definition) is 2. The van der Waals surface area contributed by atoms with Gasteiger partial charge in [-0.2, -0.15) is 5.10 Å². The molecule has 0 spiro atoms. The van der Waals surface area contributed by atoms with E-state index in [9.17, 15) is 4.79 Å². The van der Waals surface area contributed by atoms with Gasteiger partial charge in [0, 0.05) is 25.4 Å². The Balaban J connectivity index is 2.06. The Labute approximate surface area is 119 Å². The minimum Gasteiger partial charge on any atom is -0.358 e. The number of carbonyl (C=O) groups is 1. The summed E-state index contributed by atoms with van der Waals surface area (Å²) in [7, 11) is 1.67. The van der Waals surface area contributed by atoms with Gasteiger partial charge in [0.2, 0.25) is 5.91 Å². The van der Waals surface area contributed by atoms with Gasteiger partial charge in [0.25, 0.3) is 0 Å². The monoisotopic (exact) mass is 274 g/mol. The Hall–Kier alpha value is -1.88. The van der Waals surface area contributed by atoms with E-state index in [4.69, 9.17) is 0 Å². The minimum atomic E-state index is -0.168. The lowest BCUT2D eigenvalue weighted by Crippen LogP contribution is -2.43. The second-order valence-electron chi connectivity index (χ2n) is 5.38. The van der Waals surface area contributed by atoms with E-state index >= 15 is 0 Å². The van der Waals surface area contributed by atoms with Crippen molar-refractivity contribution in [1.82, 2.24) is 20.2 Å². The normalized spacial score (nSPS) is 12.8. The number of hydrogen-bond acceptors (Lipinski definition) is 3. The van der Waals surface area contributed by atoms with Crippen LogP contribution in [0.2, 0.25) is 0 Å². The summed E-state index contributed by atoms with van der Waals surface area (Å²) in [6.45, 7) is 4.87. The van der Waals surface area contributed by atoms with Gasteiger partial charge in [0.15, 0.2) is 0 Å². The number of amides is 1. The van der Waals surface area contributed by atoms with Crippen molar-refractivity contribution < 1.29 is 4.79 Å². The first kappa shape index (κ1) is 14.5. The first-order valence-corrected chi connectivity index (χ1v) is 6.98. The van der Waals surface area contributed by atoms with Crippen molar-refractivity contribution in [1.29, 1.82) is 0 Å². The molecule has 1 unspecified atom stereocenters. The fourth-order valence-electron chi connectivity index (χ4n) is 2.29. The maximum atomic E-state index is 11.9. The van der Waals surface area contributed by atoms with Gasteiger partial charge >= 0.3 is 0 Å². The fourth-order valence-corrected chi connectivity index (χ4v) is 2.29. The summed E-state index contributed by atoms with van der Waals surface area (Å²) in [4.78, 5) is 11.9. The number of rotatable bonds is 6. The van der Waals surface area contributed by atoms with Crippen LogP contribution in [0.15, 0.2) is 30.6 Å². The zero-order valence-electron chi connectivity index (χ0n) is 12.3. The van der Waals surface area contributed by atoms with Crippen LogP contribution in [0.4, 0.5) is 0 Å². The molecular formula is C15H22N4O. The Morgan fingerprint density at radius 2 is 2.20 bits per heavy atom. The van der Waals surface area contributed by atoms with E-state index in [1.165, 1.54) is 0 Å². The molecule has 0 bridgehead atoms. The number of fused-ring (bicyclic) bond motifs is 1.